The van der Waals surface area contributed by atoms with Crippen LogP contribution in [0.15, 0.2) is 0 Å². The van der Waals surface area contributed by atoms with Gasteiger partial charge in [-0.3, -0.25) is 0 Å². The van der Waals surface area contributed by atoms with Crippen molar-refractivity contribution < 1.29 is 92.7 Å². The molecule has 0 radical (unpaired) electrons. The van der Waals surface area contributed by atoms with Crippen LogP contribution in [0.25, 0.3) is 21.5 Å². The van der Waals surface area contributed by atoms with Crippen LogP contribution in [0.2, 0.25) is 0 Å². The molecule has 0 unspecified atom stereocenters. The number of hydrogen-bond acceptors (Lipinski definition) is 2. The van der Waals surface area contributed by atoms with E-state index >= 15 is 0 Å². The van der Waals surface area contributed by atoms with Crippen LogP contribution >= 0.6 is 0 Å². The van der Waals surface area contributed by atoms with Crippen molar-refractivity contribution in [2.24, 2.45) is 0 Å². The molecule has 2 nitrogen and oxygen atoms in total. The Bertz CT molecular complexity index is 2090. The van der Waals surface area contributed by atoms with Gasteiger partial charge in [0.1, 0.15) is 0 Å². The molecule has 5 aromatic carbocycles. The minimum atomic E-state index is -4.12. The Labute approximate surface area is 249 Å². The molecule has 48 heavy (non-hydrogen) atoms. The molecule has 0 fully saturated rings. The van der Waals surface area contributed by atoms with Crippen LogP contribution in [-0.2, 0) is 0 Å². The lowest BCUT2D eigenvalue weighted by atomic mass is 9.76. The minimum absolute atomic E-state index is 2.41. The average molecular weight is 716 g/mol. The fourth-order valence-electron chi connectivity index (χ4n) is 4.34. The zero-order chi connectivity index (χ0) is 36.0. The molecule has 0 bridgehead atoms. The van der Waals surface area contributed by atoms with Gasteiger partial charge in [0.25, 0.3) is 0 Å². The third-order valence-corrected chi connectivity index (χ3v) is 6.53. The molecule has 0 amide bonds. The summed E-state index contributed by atoms with van der Waals surface area (Å²) in [6.45, 7) is 0. The molecule has 0 aliphatic carbocycles. The topological polar surface area (TPSA) is 18.5 Å². The van der Waals surface area contributed by atoms with Gasteiger partial charge in [-0.25, -0.2) is 74.6 Å². The first kappa shape index (κ1) is 34.3. The van der Waals surface area contributed by atoms with Gasteiger partial charge < -0.3 is 9.31 Å². The minimum Gasteiger partial charge on any atom is -0.519 e. The summed E-state index contributed by atoms with van der Waals surface area (Å²) in [6.07, 6.45) is 0. The van der Waals surface area contributed by atoms with E-state index in [0.29, 0.717) is 0 Å². The zero-order valence-corrected chi connectivity index (χ0v) is 21.6. The maximum absolute atomic E-state index is 15.0. The van der Waals surface area contributed by atoms with Crippen LogP contribution in [0, 0.1) is 111 Å². The highest BCUT2D eigenvalue weighted by atomic mass is 19.2. The summed E-state index contributed by atoms with van der Waals surface area (Å²) in [7, 11) is -4.12. The molecule has 0 saturated carbocycles. The Kier molecular flexibility index (Phi) is 8.27. The van der Waals surface area contributed by atoms with Crippen molar-refractivity contribution in [1.29, 1.82) is 0 Å². The molecule has 252 valence electrons. The van der Waals surface area contributed by atoms with Crippen molar-refractivity contribution in [3.05, 3.63) is 111 Å². The number of benzene rings is 5. The average Bonchev–Trinajstić information content (AvgIpc) is 3.05. The lowest BCUT2D eigenvalue weighted by molar-refractivity contribution is 0.359. The second-order valence-corrected chi connectivity index (χ2v) is 9.11. The third-order valence-electron chi connectivity index (χ3n) is 6.53. The van der Waals surface area contributed by atoms with Gasteiger partial charge in [0.05, 0.1) is 27.0 Å². The molecule has 0 N–H and O–H groups in total. The lowest BCUT2D eigenvalue weighted by Crippen LogP contribution is -2.48. The van der Waals surface area contributed by atoms with Gasteiger partial charge in [-0.05, 0) is 0 Å². The Balaban J connectivity index is 1.94. The smallest absolute Gasteiger partial charge is 0.519 e. The summed E-state index contributed by atoms with van der Waals surface area (Å²) in [4.78, 5) is 0. The van der Waals surface area contributed by atoms with Crippen LogP contribution in [-0.4, -0.2) is 7.12 Å². The van der Waals surface area contributed by atoms with Crippen LogP contribution in [0.4, 0.5) is 83.4 Å². The predicted molar refractivity (Wildman–Crippen MR) is 120 cm³/mol. The zero-order valence-electron chi connectivity index (χ0n) is 21.6. The number of halogens is 19. The molecule has 0 atom stereocenters. The van der Waals surface area contributed by atoms with E-state index in [2.05, 4.69) is 9.31 Å². The van der Waals surface area contributed by atoms with Gasteiger partial charge in [0.15, 0.2) is 110 Å². The molecular formula is C26BF19O2. The molecule has 0 spiro atoms. The number of fused-ring (bicyclic) bond motifs is 2. The highest BCUT2D eigenvalue weighted by Gasteiger charge is 2.44. The maximum atomic E-state index is 15.0. The normalized spacial score (nSPS) is 11.6. The quantitative estimate of drug-likeness (QED) is 0.0787. The molecular weight excluding hydrogens is 716 g/mol. The SMILES string of the molecule is Fc1c(F)c(F)c(B(Oc2c(F)c(F)c(F)c3c(F)c(F)c(F)c(F)c23)Oc2c(F)c(F)c(F)c3c(F)c(F)c(F)c(F)c23)c(F)c1F. The van der Waals surface area contributed by atoms with E-state index in [1.807, 2.05) is 0 Å². The van der Waals surface area contributed by atoms with E-state index in [1.54, 1.807) is 0 Å². The van der Waals surface area contributed by atoms with E-state index < -0.39 is 156 Å². The first-order valence-corrected chi connectivity index (χ1v) is 11.8. The number of hydrogen-bond donors (Lipinski definition) is 0. The Morgan fingerprint density at radius 2 is 0.438 bits per heavy atom. The van der Waals surface area contributed by atoms with Gasteiger partial charge in [-0.15, -0.1) is 0 Å². The fraction of sp³-hybridized carbons (Fsp3) is 0. The summed E-state index contributed by atoms with van der Waals surface area (Å²) in [5.41, 5.74) is -2.73. The van der Waals surface area contributed by atoms with Gasteiger partial charge in [-0.1, -0.05) is 0 Å². The van der Waals surface area contributed by atoms with E-state index in [9.17, 15) is 83.4 Å². The van der Waals surface area contributed by atoms with Crippen molar-refractivity contribution in [2.75, 3.05) is 0 Å². The third kappa shape index (κ3) is 4.62. The molecule has 0 aliphatic heterocycles. The summed E-state index contributed by atoms with van der Waals surface area (Å²) in [5.74, 6) is -61.9. The monoisotopic (exact) mass is 716 g/mol. The summed E-state index contributed by atoms with van der Waals surface area (Å²) in [5, 5.41) is -9.65. The predicted octanol–water partition coefficient (Wildman–Crippen LogP) is 8.49. The fourth-order valence-corrected chi connectivity index (χ4v) is 4.34. The van der Waals surface area contributed by atoms with Gasteiger partial charge in [0, 0.05) is 0 Å². The molecule has 0 aliphatic rings. The Morgan fingerprint density at radius 3 is 0.729 bits per heavy atom. The molecule has 0 saturated heterocycles. The van der Waals surface area contributed by atoms with Crippen molar-refractivity contribution in [2.45, 2.75) is 0 Å². The number of rotatable bonds is 5. The first-order valence-electron chi connectivity index (χ1n) is 11.8. The van der Waals surface area contributed by atoms with E-state index in [0.717, 1.165) is 0 Å². The standard InChI is InChI=1S/C26BF19O2/c28-6-1-3(10(32)16(38)14(6)36)25(23(45)18(40)8(1)30)47-27(5-12(34)20(42)22(44)21(43)13(5)35)48-26-4-2(9(31)19(41)24(26)46)7(29)15(37)17(39)11(4)33. The molecule has 22 heteroatoms. The maximum Gasteiger partial charge on any atom is 0.639 e. The summed E-state index contributed by atoms with van der Waals surface area (Å²) < 4.78 is 282. The van der Waals surface area contributed by atoms with Gasteiger partial charge in [0.2, 0.25) is 11.6 Å². The van der Waals surface area contributed by atoms with Crippen molar-refractivity contribution >= 4 is 34.1 Å². The highest BCUT2D eigenvalue weighted by molar-refractivity contribution is 6.63. The van der Waals surface area contributed by atoms with E-state index in [4.69, 9.17) is 0 Å². The summed E-state index contributed by atoms with van der Waals surface area (Å²) in [6, 6.07) is 0. The molecule has 0 heterocycles. The van der Waals surface area contributed by atoms with Gasteiger partial charge >= 0.3 is 7.12 Å². The van der Waals surface area contributed by atoms with Crippen LogP contribution in [0.1, 0.15) is 0 Å². The molecule has 0 aromatic heterocycles. The highest BCUT2D eigenvalue weighted by Crippen LogP contribution is 2.42. The molecule has 5 rings (SSSR count). The van der Waals surface area contributed by atoms with Crippen molar-refractivity contribution in [1.82, 2.24) is 0 Å². The van der Waals surface area contributed by atoms with Crippen molar-refractivity contribution in [3.63, 3.8) is 0 Å². The Hall–Kier alpha value is -5.05. The largest absolute Gasteiger partial charge is 0.639 e. The second-order valence-electron chi connectivity index (χ2n) is 9.11. The molecule has 5 aromatic rings. The van der Waals surface area contributed by atoms with Crippen molar-refractivity contribution in [3.8, 4) is 11.5 Å². The summed E-state index contributed by atoms with van der Waals surface area (Å²) >= 11 is 0. The lowest BCUT2D eigenvalue weighted by Gasteiger charge is -2.22. The van der Waals surface area contributed by atoms with Crippen LogP contribution in [0.3, 0.4) is 0 Å². The second kappa shape index (κ2) is 11.6. The van der Waals surface area contributed by atoms with Crippen LogP contribution in [0.5, 0.6) is 11.5 Å². The first-order chi connectivity index (χ1) is 22.3. The van der Waals surface area contributed by atoms with E-state index in [-0.39, 0.29) is 0 Å². The Morgan fingerprint density at radius 1 is 0.229 bits per heavy atom. The van der Waals surface area contributed by atoms with Crippen LogP contribution < -0.4 is 14.8 Å². The van der Waals surface area contributed by atoms with E-state index in [1.165, 1.54) is 0 Å². The van der Waals surface area contributed by atoms with Gasteiger partial charge in [-0.2, -0.15) is 8.78 Å².